The number of hydrogen-bond donors (Lipinski definition) is 1. The summed E-state index contributed by atoms with van der Waals surface area (Å²) in [6.07, 6.45) is 9.86. The number of unbranched alkanes of at least 4 members (excludes halogenated alkanes) is 6. The summed E-state index contributed by atoms with van der Waals surface area (Å²) in [6, 6.07) is 0. The standard InChI is InChI=1S/C12H25O3P/c1-12(2)10-8-6-4-3-5-7-9-11-15-16(13)14/h12H,3-11H2,1-2H3/p+1. The first-order valence-electron chi connectivity index (χ1n) is 6.42. The summed E-state index contributed by atoms with van der Waals surface area (Å²) in [4.78, 5) is 8.38. The number of hydrogen-bond acceptors (Lipinski definition) is 2. The summed E-state index contributed by atoms with van der Waals surface area (Å²) < 4.78 is 14.8. The molecule has 96 valence electrons. The molecule has 0 radical (unpaired) electrons. The molecule has 0 heterocycles. The second-order valence-electron chi connectivity index (χ2n) is 4.73. The van der Waals surface area contributed by atoms with Crippen molar-refractivity contribution in [2.75, 3.05) is 6.61 Å². The van der Waals surface area contributed by atoms with Crippen LogP contribution in [-0.2, 0) is 9.09 Å². The van der Waals surface area contributed by atoms with Gasteiger partial charge < -0.3 is 0 Å². The molecule has 0 amide bonds. The van der Waals surface area contributed by atoms with E-state index >= 15 is 0 Å². The Labute approximate surface area is 101 Å². The van der Waals surface area contributed by atoms with E-state index in [4.69, 9.17) is 4.89 Å². The zero-order valence-corrected chi connectivity index (χ0v) is 11.5. The third kappa shape index (κ3) is 14.0. The fraction of sp³-hybridized carbons (Fsp3) is 1.00. The van der Waals surface area contributed by atoms with Gasteiger partial charge in [0.1, 0.15) is 6.61 Å². The lowest BCUT2D eigenvalue weighted by molar-refractivity contribution is 0.273. The molecule has 0 fully saturated rings. The molecule has 3 nitrogen and oxygen atoms in total. The van der Waals surface area contributed by atoms with E-state index in [9.17, 15) is 4.57 Å². The first kappa shape index (κ1) is 16.0. The second-order valence-corrected chi connectivity index (χ2v) is 5.46. The highest BCUT2D eigenvalue weighted by atomic mass is 31.1. The van der Waals surface area contributed by atoms with Gasteiger partial charge >= 0.3 is 8.25 Å². The smallest absolute Gasteiger partial charge is 0.133 e. The summed E-state index contributed by atoms with van der Waals surface area (Å²) >= 11 is 0. The topological polar surface area (TPSA) is 46.5 Å². The van der Waals surface area contributed by atoms with Gasteiger partial charge in [-0.05, 0) is 12.3 Å². The molecular weight excluding hydrogens is 223 g/mol. The Balaban J connectivity index is 2.96. The zero-order valence-electron chi connectivity index (χ0n) is 10.7. The van der Waals surface area contributed by atoms with Crippen LogP contribution in [0.1, 0.15) is 65.2 Å². The van der Waals surface area contributed by atoms with Crippen LogP contribution in [0, 0.1) is 5.92 Å². The van der Waals surface area contributed by atoms with Crippen LogP contribution < -0.4 is 0 Å². The number of rotatable bonds is 11. The van der Waals surface area contributed by atoms with E-state index in [-0.39, 0.29) is 0 Å². The van der Waals surface area contributed by atoms with Crippen molar-refractivity contribution in [3.05, 3.63) is 0 Å². The van der Waals surface area contributed by atoms with Gasteiger partial charge in [-0.15, -0.1) is 9.42 Å². The molecule has 1 atom stereocenters. The monoisotopic (exact) mass is 249 g/mol. The molecule has 0 bridgehead atoms. The molecule has 0 aromatic carbocycles. The van der Waals surface area contributed by atoms with E-state index in [0.717, 1.165) is 18.8 Å². The van der Waals surface area contributed by atoms with Crippen LogP contribution in [0.25, 0.3) is 0 Å². The summed E-state index contributed by atoms with van der Waals surface area (Å²) in [5, 5.41) is 0. The van der Waals surface area contributed by atoms with Crippen LogP contribution in [0.4, 0.5) is 0 Å². The van der Waals surface area contributed by atoms with Crippen LogP contribution in [0.15, 0.2) is 0 Å². The van der Waals surface area contributed by atoms with Crippen LogP contribution in [0.2, 0.25) is 0 Å². The highest BCUT2D eigenvalue weighted by Crippen LogP contribution is 2.16. The molecule has 1 N–H and O–H groups in total. The molecule has 0 aliphatic heterocycles. The fourth-order valence-corrected chi connectivity index (χ4v) is 1.97. The predicted molar refractivity (Wildman–Crippen MR) is 67.6 cm³/mol. The minimum Gasteiger partial charge on any atom is -0.133 e. The van der Waals surface area contributed by atoms with Crippen molar-refractivity contribution in [2.45, 2.75) is 65.2 Å². The maximum atomic E-state index is 10.2. The molecule has 0 aromatic heterocycles. The molecular formula is C12H26O3P+. The van der Waals surface area contributed by atoms with Crippen LogP contribution in [0.3, 0.4) is 0 Å². The van der Waals surface area contributed by atoms with Gasteiger partial charge in [0.25, 0.3) is 0 Å². The van der Waals surface area contributed by atoms with E-state index in [1.54, 1.807) is 0 Å². The molecule has 16 heavy (non-hydrogen) atoms. The SMILES string of the molecule is CC(C)CCCCCCCCCO[P+](=O)O. The van der Waals surface area contributed by atoms with Gasteiger partial charge in [-0.2, -0.15) is 0 Å². The third-order valence-electron chi connectivity index (χ3n) is 2.63. The summed E-state index contributed by atoms with van der Waals surface area (Å²) in [5.41, 5.74) is 0. The normalized spacial score (nSPS) is 12.1. The Morgan fingerprint density at radius 3 is 2.00 bits per heavy atom. The van der Waals surface area contributed by atoms with E-state index in [1.165, 1.54) is 38.5 Å². The lowest BCUT2D eigenvalue weighted by atomic mass is 10.0. The van der Waals surface area contributed by atoms with Gasteiger partial charge in [-0.1, -0.05) is 58.8 Å². The molecule has 0 aliphatic carbocycles. The van der Waals surface area contributed by atoms with Gasteiger partial charge in [-0.3, -0.25) is 0 Å². The Morgan fingerprint density at radius 1 is 1.00 bits per heavy atom. The van der Waals surface area contributed by atoms with E-state index < -0.39 is 8.25 Å². The lowest BCUT2D eigenvalue weighted by Gasteiger charge is -2.03. The first-order chi connectivity index (χ1) is 7.63. The van der Waals surface area contributed by atoms with Crippen molar-refractivity contribution in [3.8, 4) is 0 Å². The Kier molecular flexibility index (Phi) is 11.5. The van der Waals surface area contributed by atoms with Crippen molar-refractivity contribution in [3.63, 3.8) is 0 Å². The van der Waals surface area contributed by atoms with E-state index in [2.05, 4.69) is 18.4 Å². The Bertz CT molecular complexity index is 172. The fourth-order valence-electron chi connectivity index (χ4n) is 1.68. The highest BCUT2D eigenvalue weighted by molar-refractivity contribution is 7.32. The quantitative estimate of drug-likeness (QED) is 0.435. The molecule has 4 heteroatoms. The molecule has 0 rings (SSSR count). The van der Waals surface area contributed by atoms with Gasteiger partial charge in [0, 0.05) is 4.57 Å². The Hall–Kier alpha value is 0.0200. The second kappa shape index (κ2) is 11.5. The maximum Gasteiger partial charge on any atom is 0.694 e. The van der Waals surface area contributed by atoms with Crippen molar-refractivity contribution >= 4 is 8.25 Å². The van der Waals surface area contributed by atoms with Crippen molar-refractivity contribution in [1.82, 2.24) is 0 Å². The molecule has 0 aliphatic rings. The van der Waals surface area contributed by atoms with Gasteiger partial charge in [-0.25, -0.2) is 0 Å². The highest BCUT2D eigenvalue weighted by Gasteiger charge is 2.09. The zero-order chi connectivity index (χ0) is 12.2. The molecule has 0 aromatic rings. The van der Waals surface area contributed by atoms with Crippen molar-refractivity contribution in [1.29, 1.82) is 0 Å². The van der Waals surface area contributed by atoms with Crippen molar-refractivity contribution in [2.24, 2.45) is 5.92 Å². The molecule has 1 unspecified atom stereocenters. The summed E-state index contributed by atoms with van der Waals surface area (Å²) in [6.45, 7) is 4.96. The van der Waals surface area contributed by atoms with Crippen LogP contribution in [-0.4, -0.2) is 11.5 Å². The average Bonchev–Trinajstić information content (AvgIpc) is 2.20. The minimum atomic E-state index is -2.39. The van der Waals surface area contributed by atoms with Gasteiger partial charge in [0.15, 0.2) is 0 Å². The minimum absolute atomic E-state index is 0.416. The van der Waals surface area contributed by atoms with E-state index in [0.29, 0.717) is 6.61 Å². The molecule has 0 saturated carbocycles. The van der Waals surface area contributed by atoms with Crippen LogP contribution >= 0.6 is 8.25 Å². The van der Waals surface area contributed by atoms with Crippen molar-refractivity contribution < 1.29 is 14.0 Å². The third-order valence-corrected chi connectivity index (χ3v) is 3.03. The van der Waals surface area contributed by atoms with E-state index in [1.807, 2.05) is 0 Å². The van der Waals surface area contributed by atoms with Gasteiger partial charge in [0.05, 0.1) is 0 Å². The van der Waals surface area contributed by atoms with Gasteiger partial charge in [0.2, 0.25) is 0 Å². The first-order valence-corrected chi connectivity index (χ1v) is 7.55. The largest absolute Gasteiger partial charge is 0.694 e. The summed E-state index contributed by atoms with van der Waals surface area (Å²) in [7, 11) is -2.39. The molecule has 0 spiro atoms. The predicted octanol–water partition coefficient (Wildman–Crippen LogP) is 4.43. The average molecular weight is 249 g/mol. The Morgan fingerprint density at radius 2 is 1.50 bits per heavy atom. The molecule has 0 saturated heterocycles. The summed E-state index contributed by atoms with van der Waals surface area (Å²) in [5.74, 6) is 0.831. The van der Waals surface area contributed by atoms with Crippen LogP contribution in [0.5, 0.6) is 0 Å². The lowest BCUT2D eigenvalue weighted by Crippen LogP contribution is -1.89. The maximum absolute atomic E-state index is 10.2.